The predicted octanol–water partition coefficient (Wildman–Crippen LogP) is 4.67. The van der Waals surface area contributed by atoms with Gasteiger partial charge in [-0.1, -0.05) is 48.5 Å². The molecule has 100 valence electrons. The van der Waals surface area contributed by atoms with Gasteiger partial charge in [-0.15, -0.1) is 0 Å². The normalized spacial score (nSPS) is 10.7. The molecule has 0 atom stereocenters. The fourth-order valence-electron chi connectivity index (χ4n) is 2.25. The Hall–Kier alpha value is -1.00. The van der Waals surface area contributed by atoms with Crippen molar-refractivity contribution < 1.29 is 0 Å². The monoisotopic (exact) mass is 336 g/mol. The van der Waals surface area contributed by atoms with Gasteiger partial charge in [-0.3, -0.25) is 0 Å². The first-order valence-corrected chi connectivity index (χ1v) is 7.54. The van der Waals surface area contributed by atoms with Gasteiger partial charge in [0.1, 0.15) is 10.5 Å². The second-order valence-corrected chi connectivity index (χ2v) is 5.99. The van der Waals surface area contributed by atoms with Crippen LogP contribution in [0.15, 0.2) is 22.7 Å². The van der Waals surface area contributed by atoms with Crippen LogP contribution in [0.1, 0.15) is 35.1 Å². The zero-order chi connectivity index (χ0) is 14.0. The fourth-order valence-corrected chi connectivity index (χ4v) is 2.95. The van der Waals surface area contributed by atoms with Gasteiger partial charge in [-0.25, -0.2) is 4.98 Å². The summed E-state index contributed by atoms with van der Waals surface area (Å²) in [7, 11) is 0. The van der Waals surface area contributed by atoms with Crippen LogP contribution in [0, 0.1) is 18.5 Å². The summed E-state index contributed by atoms with van der Waals surface area (Å²) in [4.78, 5) is 7.81. The van der Waals surface area contributed by atoms with Crippen LogP contribution in [-0.2, 0) is 12.8 Å². The average molecular weight is 337 g/mol. The molecular formula is C15H17BrN2S. The molecular weight excluding hydrogens is 320 g/mol. The second-order valence-electron chi connectivity index (χ2n) is 4.81. The number of nitrogens with zero attached hydrogens (tertiary/aromatic N) is 1. The lowest BCUT2D eigenvalue weighted by molar-refractivity contribution is 0.888. The smallest absolute Gasteiger partial charge is 0.144 e. The van der Waals surface area contributed by atoms with Crippen molar-refractivity contribution in [2.75, 3.05) is 0 Å². The highest BCUT2D eigenvalue weighted by atomic mass is 79.9. The van der Waals surface area contributed by atoms with Crippen LogP contribution in [-0.4, -0.2) is 9.97 Å². The van der Waals surface area contributed by atoms with Crippen LogP contribution in [0.4, 0.5) is 0 Å². The Kier molecular flexibility index (Phi) is 4.53. The Bertz CT molecular complexity index is 641. The second kappa shape index (κ2) is 5.97. The minimum atomic E-state index is 0.634. The molecule has 0 aliphatic rings. The highest BCUT2D eigenvalue weighted by Crippen LogP contribution is 2.18. The molecule has 0 amide bonds. The molecule has 0 bridgehead atoms. The SMILES string of the molecule is CCc1[nH]c(Cc2cc(C)cc(C)c2)nc(=S)c1Br. The van der Waals surface area contributed by atoms with Crippen molar-refractivity contribution >= 4 is 28.1 Å². The number of benzene rings is 1. The predicted molar refractivity (Wildman–Crippen MR) is 85.2 cm³/mol. The third-order valence-electron chi connectivity index (χ3n) is 2.99. The molecule has 1 aromatic heterocycles. The van der Waals surface area contributed by atoms with E-state index in [2.05, 4.69) is 64.9 Å². The number of aromatic nitrogens is 2. The lowest BCUT2D eigenvalue weighted by Crippen LogP contribution is -2.02. The number of nitrogens with one attached hydrogen (secondary N) is 1. The first-order valence-electron chi connectivity index (χ1n) is 6.34. The Morgan fingerprint density at radius 1 is 1.21 bits per heavy atom. The van der Waals surface area contributed by atoms with E-state index in [1.165, 1.54) is 16.7 Å². The van der Waals surface area contributed by atoms with Crippen LogP contribution in [0.5, 0.6) is 0 Å². The third-order valence-corrected chi connectivity index (χ3v) is 4.40. The Morgan fingerprint density at radius 3 is 2.42 bits per heavy atom. The minimum Gasteiger partial charge on any atom is -0.346 e. The molecule has 0 saturated carbocycles. The van der Waals surface area contributed by atoms with Crippen molar-refractivity contribution in [2.45, 2.75) is 33.6 Å². The highest BCUT2D eigenvalue weighted by Gasteiger charge is 2.06. The maximum Gasteiger partial charge on any atom is 0.144 e. The van der Waals surface area contributed by atoms with E-state index < -0.39 is 0 Å². The average Bonchev–Trinajstić information content (AvgIpc) is 2.32. The largest absolute Gasteiger partial charge is 0.346 e. The van der Waals surface area contributed by atoms with Gasteiger partial charge in [-0.2, -0.15) is 0 Å². The first kappa shape index (κ1) is 14.4. The number of halogens is 1. The maximum absolute atomic E-state index is 5.28. The van der Waals surface area contributed by atoms with E-state index in [9.17, 15) is 0 Å². The van der Waals surface area contributed by atoms with Gasteiger partial charge < -0.3 is 4.98 Å². The summed E-state index contributed by atoms with van der Waals surface area (Å²) in [5, 5.41) is 0. The molecule has 0 unspecified atom stereocenters. The van der Waals surface area contributed by atoms with E-state index in [-0.39, 0.29) is 0 Å². The van der Waals surface area contributed by atoms with Crippen LogP contribution in [0.2, 0.25) is 0 Å². The van der Waals surface area contributed by atoms with Crippen LogP contribution < -0.4 is 0 Å². The number of aromatic amines is 1. The molecule has 0 spiro atoms. The zero-order valence-electron chi connectivity index (χ0n) is 11.4. The van der Waals surface area contributed by atoms with Crippen molar-refractivity contribution in [3.05, 3.63) is 55.5 Å². The number of hydrogen-bond donors (Lipinski definition) is 1. The lowest BCUT2D eigenvalue weighted by Gasteiger charge is -2.08. The summed E-state index contributed by atoms with van der Waals surface area (Å²) in [5.74, 6) is 0.926. The molecule has 0 aliphatic carbocycles. The molecule has 1 N–H and O–H groups in total. The summed E-state index contributed by atoms with van der Waals surface area (Å²) >= 11 is 8.77. The molecule has 19 heavy (non-hydrogen) atoms. The van der Waals surface area contributed by atoms with Crippen molar-refractivity contribution in [3.63, 3.8) is 0 Å². The number of aryl methyl sites for hydroxylation is 3. The molecule has 0 radical (unpaired) electrons. The van der Waals surface area contributed by atoms with E-state index in [4.69, 9.17) is 12.2 Å². The maximum atomic E-state index is 5.28. The van der Waals surface area contributed by atoms with Crippen LogP contribution in [0.25, 0.3) is 0 Å². The fraction of sp³-hybridized carbons (Fsp3) is 0.333. The van der Waals surface area contributed by atoms with E-state index in [1.54, 1.807) is 0 Å². The molecule has 0 aliphatic heterocycles. The van der Waals surface area contributed by atoms with Crippen molar-refractivity contribution in [2.24, 2.45) is 0 Å². The van der Waals surface area contributed by atoms with E-state index >= 15 is 0 Å². The van der Waals surface area contributed by atoms with E-state index in [1.807, 2.05) is 0 Å². The van der Waals surface area contributed by atoms with Gasteiger partial charge in [0.15, 0.2) is 0 Å². The van der Waals surface area contributed by atoms with Crippen molar-refractivity contribution in [1.29, 1.82) is 0 Å². The van der Waals surface area contributed by atoms with E-state index in [0.29, 0.717) is 4.64 Å². The van der Waals surface area contributed by atoms with E-state index in [0.717, 1.165) is 28.8 Å². The van der Waals surface area contributed by atoms with Gasteiger partial charge in [0.25, 0.3) is 0 Å². The summed E-state index contributed by atoms with van der Waals surface area (Å²) in [5.41, 5.74) is 4.93. The van der Waals surface area contributed by atoms with Gasteiger partial charge >= 0.3 is 0 Å². The highest BCUT2D eigenvalue weighted by molar-refractivity contribution is 9.10. The van der Waals surface area contributed by atoms with Gasteiger partial charge in [-0.05, 0) is 41.8 Å². The number of rotatable bonds is 3. The summed E-state index contributed by atoms with van der Waals surface area (Å²) in [6, 6.07) is 6.57. The van der Waals surface area contributed by atoms with Crippen LogP contribution in [0.3, 0.4) is 0 Å². The first-order chi connectivity index (χ1) is 8.99. The Balaban J connectivity index is 2.38. The van der Waals surface area contributed by atoms with Crippen molar-refractivity contribution in [1.82, 2.24) is 9.97 Å². The van der Waals surface area contributed by atoms with Gasteiger partial charge in [0.05, 0.1) is 4.47 Å². The van der Waals surface area contributed by atoms with Gasteiger partial charge in [0, 0.05) is 12.1 Å². The summed E-state index contributed by atoms with van der Waals surface area (Å²) in [6.07, 6.45) is 1.69. The summed E-state index contributed by atoms with van der Waals surface area (Å²) < 4.78 is 1.55. The number of hydrogen-bond acceptors (Lipinski definition) is 2. The standard InChI is InChI=1S/C15H17BrN2S/c1-4-12-14(16)15(19)18-13(17-12)8-11-6-9(2)5-10(3)7-11/h5-7H,4,8H2,1-3H3,(H,17,18,19). The molecule has 1 heterocycles. The molecule has 2 rings (SSSR count). The molecule has 1 aromatic carbocycles. The summed E-state index contributed by atoms with van der Waals surface area (Å²) in [6.45, 7) is 6.34. The van der Waals surface area contributed by atoms with Gasteiger partial charge in [0.2, 0.25) is 0 Å². The number of H-pyrrole nitrogens is 1. The third kappa shape index (κ3) is 3.51. The lowest BCUT2D eigenvalue weighted by atomic mass is 10.0. The quantitative estimate of drug-likeness (QED) is 0.825. The molecule has 2 nitrogen and oxygen atoms in total. The van der Waals surface area contributed by atoms with Crippen LogP contribution >= 0.6 is 28.1 Å². The molecule has 2 aromatic rings. The molecule has 4 heteroatoms. The molecule has 0 fully saturated rings. The topological polar surface area (TPSA) is 28.7 Å². The zero-order valence-corrected chi connectivity index (χ0v) is 13.8. The minimum absolute atomic E-state index is 0.634. The Morgan fingerprint density at radius 2 is 1.84 bits per heavy atom. The molecule has 0 saturated heterocycles. The van der Waals surface area contributed by atoms with Crippen molar-refractivity contribution in [3.8, 4) is 0 Å². The Labute approximate surface area is 127 Å².